The van der Waals surface area contributed by atoms with Gasteiger partial charge in [-0.25, -0.2) is 0 Å². The predicted octanol–water partition coefficient (Wildman–Crippen LogP) is 2.16. The first-order valence-corrected chi connectivity index (χ1v) is 7.43. The minimum atomic E-state index is -0.436. The maximum atomic E-state index is 11.9. The van der Waals surface area contributed by atoms with Crippen LogP contribution >= 0.6 is 0 Å². The second-order valence-electron chi connectivity index (χ2n) is 6.39. The van der Waals surface area contributed by atoms with Crippen molar-refractivity contribution in [2.24, 2.45) is 5.41 Å². The standard InChI is InChI=1S/C17H27NO4/c1-17(2,3)15(19)8-9-18-16(20)11-12-6-7-13(21-4)14(10-12)22-5/h6-7,10,15,19H,8-9,11H2,1-5H3,(H,18,20). The van der Waals surface area contributed by atoms with E-state index in [4.69, 9.17) is 9.47 Å². The zero-order chi connectivity index (χ0) is 16.8. The smallest absolute Gasteiger partial charge is 0.224 e. The number of methoxy groups -OCH3 is 2. The molecule has 1 amide bonds. The second kappa shape index (κ2) is 8.03. The van der Waals surface area contributed by atoms with Gasteiger partial charge in [-0.3, -0.25) is 4.79 Å². The Labute approximate surface area is 132 Å². The molecule has 1 rings (SSSR count). The molecule has 0 spiro atoms. The van der Waals surface area contributed by atoms with E-state index in [1.165, 1.54) is 0 Å². The highest BCUT2D eigenvalue weighted by Gasteiger charge is 2.21. The molecule has 5 heteroatoms. The number of carbonyl (C=O) groups excluding carboxylic acids is 1. The molecule has 0 radical (unpaired) electrons. The largest absolute Gasteiger partial charge is 0.493 e. The van der Waals surface area contributed by atoms with Crippen molar-refractivity contribution in [3.05, 3.63) is 23.8 Å². The third-order valence-electron chi connectivity index (χ3n) is 3.55. The Morgan fingerprint density at radius 1 is 1.23 bits per heavy atom. The first-order chi connectivity index (χ1) is 10.3. The van der Waals surface area contributed by atoms with Gasteiger partial charge in [-0.2, -0.15) is 0 Å². The highest BCUT2D eigenvalue weighted by Crippen LogP contribution is 2.27. The summed E-state index contributed by atoms with van der Waals surface area (Å²) in [6.07, 6.45) is 0.376. The first kappa shape index (κ1) is 18.3. The lowest BCUT2D eigenvalue weighted by molar-refractivity contribution is -0.120. The van der Waals surface area contributed by atoms with Crippen LogP contribution in [0.15, 0.2) is 18.2 Å². The number of aliphatic hydroxyl groups is 1. The van der Waals surface area contributed by atoms with Crippen molar-refractivity contribution in [1.82, 2.24) is 5.32 Å². The fourth-order valence-corrected chi connectivity index (χ4v) is 2.02. The summed E-state index contributed by atoms with van der Waals surface area (Å²) >= 11 is 0. The van der Waals surface area contributed by atoms with Crippen molar-refractivity contribution in [3.63, 3.8) is 0 Å². The van der Waals surface area contributed by atoms with Gasteiger partial charge >= 0.3 is 0 Å². The lowest BCUT2D eigenvalue weighted by atomic mass is 9.87. The number of rotatable bonds is 7. The monoisotopic (exact) mass is 309 g/mol. The van der Waals surface area contributed by atoms with Gasteiger partial charge in [0.05, 0.1) is 26.7 Å². The molecule has 0 saturated carbocycles. The topological polar surface area (TPSA) is 67.8 Å². The fourth-order valence-electron chi connectivity index (χ4n) is 2.02. The molecular weight excluding hydrogens is 282 g/mol. The molecule has 5 nitrogen and oxygen atoms in total. The lowest BCUT2D eigenvalue weighted by Crippen LogP contribution is -2.33. The number of amides is 1. The molecule has 2 N–H and O–H groups in total. The van der Waals surface area contributed by atoms with E-state index < -0.39 is 6.10 Å². The Bertz CT molecular complexity index is 494. The molecule has 0 aliphatic heterocycles. The summed E-state index contributed by atoms with van der Waals surface area (Å²) in [5, 5.41) is 12.8. The summed E-state index contributed by atoms with van der Waals surface area (Å²) in [5.74, 6) is 1.17. The number of hydrogen-bond acceptors (Lipinski definition) is 4. The molecule has 0 bridgehead atoms. The summed E-state index contributed by atoms with van der Waals surface area (Å²) in [5.41, 5.74) is 0.681. The van der Waals surface area contributed by atoms with Crippen molar-refractivity contribution in [1.29, 1.82) is 0 Å². The van der Waals surface area contributed by atoms with Gasteiger partial charge in [0.1, 0.15) is 0 Å². The van der Waals surface area contributed by atoms with E-state index >= 15 is 0 Å². The SMILES string of the molecule is COc1ccc(CC(=O)NCCC(O)C(C)(C)C)cc1OC. The van der Waals surface area contributed by atoms with Gasteiger partial charge in [0.25, 0.3) is 0 Å². The number of aliphatic hydroxyl groups excluding tert-OH is 1. The Hall–Kier alpha value is -1.75. The molecule has 1 aromatic rings. The third-order valence-corrected chi connectivity index (χ3v) is 3.55. The average Bonchev–Trinajstić information content (AvgIpc) is 2.45. The number of hydrogen-bond donors (Lipinski definition) is 2. The number of benzene rings is 1. The number of carbonyl (C=O) groups is 1. The van der Waals surface area contributed by atoms with Gasteiger partial charge in [0, 0.05) is 6.54 Å². The molecule has 22 heavy (non-hydrogen) atoms. The van der Waals surface area contributed by atoms with Gasteiger partial charge < -0.3 is 19.9 Å². The predicted molar refractivity (Wildman–Crippen MR) is 86.3 cm³/mol. The molecule has 1 aromatic carbocycles. The molecular formula is C17H27NO4. The van der Waals surface area contributed by atoms with E-state index in [2.05, 4.69) is 5.32 Å². The van der Waals surface area contributed by atoms with Crippen LogP contribution in [0.2, 0.25) is 0 Å². The van der Waals surface area contributed by atoms with Crippen LogP contribution in [0.4, 0.5) is 0 Å². The lowest BCUT2D eigenvalue weighted by Gasteiger charge is -2.25. The van der Waals surface area contributed by atoms with Crippen LogP contribution in [0.3, 0.4) is 0 Å². The molecule has 0 aliphatic rings. The summed E-state index contributed by atoms with van der Waals surface area (Å²) in [7, 11) is 3.14. The first-order valence-electron chi connectivity index (χ1n) is 7.43. The summed E-state index contributed by atoms with van der Waals surface area (Å²) in [6, 6.07) is 5.41. The van der Waals surface area contributed by atoms with Crippen molar-refractivity contribution >= 4 is 5.91 Å². The Morgan fingerprint density at radius 2 is 1.86 bits per heavy atom. The Kier molecular flexibility index (Phi) is 6.68. The van der Waals surface area contributed by atoms with E-state index in [1.54, 1.807) is 26.4 Å². The zero-order valence-electron chi connectivity index (χ0n) is 14.1. The minimum Gasteiger partial charge on any atom is -0.493 e. The van der Waals surface area contributed by atoms with E-state index in [-0.39, 0.29) is 17.7 Å². The van der Waals surface area contributed by atoms with Crippen LogP contribution in [0, 0.1) is 5.41 Å². The molecule has 1 unspecified atom stereocenters. The van der Waals surface area contributed by atoms with Crippen molar-refractivity contribution < 1.29 is 19.4 Å². The quantitative estimate of drug-likeness (QED) is 0.810. The molecule has 0 aromatic heterocycles. The van der Waals surface area contributed by atoms with Crippen LogP contribution < -0.4 is 14.8 Å². The van der Waals surface area contributed by atoms with Crippen LogP contribution in [-0.4, -0.2) is 37.9 Å². The summed E-state index contributed by atoms with van der Waals surface area (Å²) < 4.78 is 10.4. The second-order valence-corrected chi connectivity index (χ2v) is 6.39. The molecule has 0 fully saturated rings. The van der Waals surface area contributed by atoms with Crippen LogP contribution in [-0.2, 0) is 11.2 Å². The van der Waals surface area contributed by atoms with Gasteiger partial charge in [0.15, 0.2) is 11.5 Å². The highest BCUT2D eigenvalue weighted by molar-refractivity contribution is 5.78. The van der Waals surface area contributed by atoms with E-state index in [0.717, 1.165) is 5.56 Å². The maximum Gasteiger partial charge on any atom is 0.224 e. The maximum absolute atomic E-state index is 11.9. The van der Waals surface area contributed by atoms with Crippen LogP contribution in [0.5, 0.6) is 11.5 Å². The Morgan fingerprint density at radius 3 is 2.41 bits per heavy atom. The highest BCUT2D eigenvalue weighted by atomic mass is 16.5. The summed E-state index contributed by atoms with van der Waals surface area (Å²) in [6.45, 7) is 6.39. The van der Waals surface area contributed by atoms with Gasteiger partial charge in [-0.05, 0) is 29.5 Å². The van der Waals surface area contributed by atoms with Crippen LogP contribution in [0.1, 0.15) is 32.8 Å². The zero-order valence-corrected chi connectivity index (χ0v) is 14.1. The average molecular weight is 309 g/mol. The van der Waals surface area contributed by atoms with Gasteiger partial charge in [0.2, 0.25) is 5.91 Å². The van der Waals surface area contributed by atoms with Crippen molar-refractivity contribution in [3.8, 4) is 11.5 Å². The molecule has 0 heterocycles. The van der Waals surface area contributed by atoms with Gasteiger partial charge in [-0.1, -0.05) is 26.8 Å². The van der Waals surface area contributed by atoms with E-state index in [1.807, 2.05) is 26.8 Å². The Balaban J connectivity index is 2.49. The molecule has 1 atom stereocenters. The third kappa shape index (κ3) is 5.56. The van der Waals surface area contributed by atoms with E-state index in [0.29, 0.717) is 24.5 Å². The molecule has 0 saturated heterocycles. The van der Waals surface area contributed by atoms with Gasteiger partial charge in [-0.15, -0.1) is 0 Å². The fraction of sp³-hybridized carbons (Fsp3) is 0.588. The normalized spacial score (nSPS) is 12.6. The van der Waals surface area contributed by atoms with Crippen LogP contribution in [0.25, 0.3) is 0 Å². The molecule has 0 aliphatic carbocycles. The minimum absolute atomic E-state index is 0.0756. The number of nitrogens with one attached hydrogen (secondary N) is 1. The van der Waals surface area contributed by atoms with Crippen molar-refractivity contribution in [2.75, 3.05) is 20.8 Å². The molecule has 124 valence electrons. The number of ether oxygens (including phenoxy) is 2. The van der Waals surface area contributed by atoms with E-state index in [9.17, 15) is 9.90 Å². The van der Waals surface area contributed by atoms with Crippen molar-refractivity contribution in [2.45, 2.75) is 39.7 Å². The summed E-state index contributed by atoms with van der Waals surface area (Å²) in [4.78, 5) is 11.9.